The van der Waals surface area contributed by atoms with E-state index in [1.165, 1.54) is 23.5 Å². The number of rotatable bonds is 2. The molecule has 2 amide bonds. The fourth-order valence-electron chi connectivity index (χ4n) is 3.69. The van der Waals surface area contributed by atoms with E-state index in [-0.39, 0.29) is 23.3 Å². The standard InChI is InChI=1S/C24H20N4O4S2/c29-17-5-1-3-15(11-17)13-19-21(31)25-23(33-19)27-7-9-28(10-8-27)24-26-22(32)20(34-24)14-16-4-2-6-18(30)12-16/h1-6,11-14,29-30H,7-10H2/b19-13+,20-14+. The number of piperazine rings is 1. The number of phenolic OH excluding ortho intramolecular Hbond substituents is 2. The van der Waals surface area contributed by atoms with Crippen molar-refractivity contribution in [3.63, 3.8) is 0 Å². The van der Waals surface area contributed by atoms with Crippen LogP contribution < -0.4 is 0 Å². The maximum atomic E-state index is 12.4. The van der Waals surface area contributed by atoms with E-state index in [0.717, 1.165) is 11.1 Å². The van der Waals surface area contributed by atoms with Crippen molar-refractivity contribution < 1.29 is 19.8 Å². The molecule has 0 atom stereocenters. The van der Waals surface area contributed by atoms with Gasteiger partial charge in [0.25, 0.3) is 11.8 Å². The van der Waals surface area contributed by atoms with E-state index in [4.69, 9.17) is 0 Å². The van der Waals surface area contributed by atoms with Gasteiger partial charge in [0.1, 0.15) is 11.5 Å². The highest BCUT2D eigenvalue weighted by Crippen LogP contribution is 2.33. The maximum absolute atomic E-state index is 12.4. The Kier molecular flexibility index (Phi) is 6.16. The van der Waals surface area contributed by atoms with Crippen molar-refractivity contribution in [3.05, 3.63) is 69.5 Å². The van der Waals surface area contributed by atoms with Crippen molar-refractivity contribution in [2.45, 2.75) is 0 Å². The zero-order valence-electron chi connectivity index (χ0n) is 17.9. The number of hydrogen-bond acceptors (Lipinski definition) is 8. The number of thioether (sulfide) groups is 2. The van der Waals surface area contributed by atoms with Crippen LogP contribution in [0.4, 0.5) is 0 Å². The molecule has 10 heteroatoms. The molecule has 0 spiro atoms. The van der Waals surface area contributed by atoms with Crippen molar-refractivity contribution in [3.8, 4) is 11.5 Å². The van der Waals surface area contributed by atoms with Gasteiger partial charge in [0.05, 0.1) is 9.81 Å². The summed E-state index contributed by atoms with van der Waals surface area (Å²) in [5.74, 6) is -0.274. The van der Waals surface area contributed by atoms with Crippen molar-refractivity contribution in [1.82, 2.24) is 9.80 Å². The molecule has 0 unspecified atom stereocenters. The molecule has 2 aromatic carbocycles. The Morgan fingerprint density at radius 1 is 0.706 bits per heavy atom. The van der Waals surface area contributed by atoms with Gasteiger partial charge in [-0.3, -0.25) is 9.59 Å². The van der Waals surface area contributed by atoms with Crippen molar-refractivity contribution >= 4 is 57.8 Å². The first-order chi connectivity index (χ1) is 16.4. The van der Waals surface area contributed by atoms with Gasteiger partial charge in [0.2, 0.25) is 0 Å². The van der Waals surface area contributed by atoms with Crippen LogP contribution >= 0.6 is 23.5 Å². The minimum Gasteiger partial charge on any atom is -0.508 e. The average molecular weight is 493 g/mol. The lowest BCUT2D eigenvalue weighted by atomic mass is 10.2. The summed E-state index contributed by atoms with van der Waals surface area (Å²) >= 11 is 2.66. The van der Waals surface area contributed by atoms with Gasteiger partial charge in [0.15, 0.2) is 10.3 Å². The van der Waals surface area contributed by atoms with Crippen LogP contribution in [-0.4, -0.2) is 68.3 Å². The van der Waals surface area contributed by atoms with Gasteiger partial charge in [-0.05, 0) is 71.1 Å². The zero-order valence-corrected chi connectivity index (χ0v) is 19.6. The summed E-state index contributed by atoms with van der Waals surface area (Å²) in [7, 11) is 0. The first-order valence-corrected chi connectivity index (χ1v) is 12.2. The molecule has 3 aliphatic rings. The molecule has 0 radical (unpaired) electrons. The molecule has 5 rings (SSSR count). The summed E-state index contributed by atoms with van der Waals surface area (Å²) in [5.41, 5.74) is 1.49. The predicted octanol–water partition coefficient (Wildman–Crippen LogP) is 3.36. The highest BCUT2D eigenvalue weighted by Gasteiger charge is 2.32. The lowest BCUT2D eigenvalue weighted by molar-refractivity contribution is -0.114. The number of aromatic hydroxyl groups is 2. The third-order valence-electron chi connectivity index (χ3n) is 5.38. The molecular weight excluding hydrogens is 472 g/mol. The highest BCUT2D eigenvalue weighted by atomic mass is 32.2. The monoisotopic (exact) mass is 492 g/mol. The molecule has 1 saturated heterocycles. The molecule has 2 N–H and O–H groups in total. The number of hydrogen-bond donors (Lipinski definition) is 2. The lowest BCUT2D eigenvalue weighted by Crippen LogP contribution is -2.49. The molecule has 8 nitrogen and oxygen atoms in total. The highest BCUT2D eigenvalue weighted by molar-refractivity contribution is 8.18. The quantitative estimate of drug-likeness (QED) is 0.615. The number of phenols is 2. The van der Waals surface area contributed by atoms with E-state index in [0.29, 0.717) is 46.3 Å². The maximum Gasteiger partial charge on any atom is 0.286 e. The van der Waals surface area contributed by atoms with Gasteiger partial charge in [-0.2, -0.15) is 9.98 Å². The fraction of sp³-hybridized carbons (Fsp3) is 0.167. The Bertz CT molecular complexity index is 1190. The van der Waals surface area contributed by atoms with Gasteiger partial charge in [-0.15, -0.1) is 0 Å². The second kappa shape index (κ2) is 9.40. The van der Waals surface area contributed by atoms with Crippen molar-refractivity contribution in [2.75, 3.05) is 26.2 Å². The van der Waals surface area contributed by atoms with Crippen molar-refractivity contribution in [2.24, 2.45) is 9.98 Å². The van der Waals surface area contributed by atoms with Crippen molar-refractivity contribution in [1.29, 1.82) is 0 Å². The Morgan fingerprint density at radius 2 is 1.12 bits per heavy atom. The molecule has 34 heavy (non-hydrogen) atoms. The lowest BCUT2D eigenvalue weighted by Gasteiger charge is -2.35. The molecule has 3 heterocycles. The third kappa shape index (κ3) is 4.87. The van der Waals surface area contributed by atoms with Crippen LogP contribution in [0.3, 0.4) is 0 Å². The van der Waals surface area contributed by atoms with E-state index < -0.39 is 0 Å². The Labute approximate surface area is 204 Å². The molecule has 172 valence electrons. The normalized spacial score (nSPS) is 20.9. The Morgan fingerprint density at radius 3 is 1.50 bits per heavy atom. The minimum absolute atomic E-state index is 0.146. The van der Waals surface area contributed by atoms with Gasteiger partial charge in [-0.1, -0.05) is 24.3 Å². The van der Waals surface area contributed by atoms with Gasteiger partial charge >= 0.3 is 0 Å². The van der Waals surface area contributed by atoms with Gasteiger partial charge < -0.3 is 20.0 Å². The molecule has 2 aromatic rings. The average Bonchev–Trinajstić information content (AvgIpc) is 3.36. The smallest absolute Gasteiger partial charge is 0.286 e. The van der Waals surface area contributed by atoms with Crippen LogP contribution in [-0.2, 0) is 9.59 Å². The first kappa shape index (κ1) is 22.3. The number of amides is 2. The largest absolute Gasteiger partial charge is 0.508 e. The van der Waals surface area contributed by atoms with E-state index in [9.17, 15) is 19.8 Å². The molecular formula is C24H20N4O4S2. The number of carbonyl (C=O) groups is 2. The fourth-order valence-corrected chi connectivity index (χ4v) is 5.62. The zero-order chi connectivity index (χ0) is 23.7. The first-order valence-electron chi connectivity index (χ1n) is 10.6. The minimum atomic E-state index is -0.283. The summed E-state index contributed by atoms with van der Waals surface area (Å²) in [6.45, 7) is 2.60. The second-order valence-electron chi connectivity index (χ2n) is 7.78. The number of benzene rings is 2. The van der Waals surface area contributed by atoms with Crippen LogP contribution in [0.15, 0.2) is 68.3 Å². The number of amidine groups is 2. The third-order valence-corrected chi connectivity index (χ3v) is 7.46. The molecule has 3 aliphatic heterocycles. The predicted molar refractivity (Wildman–Crippen MR) is 135 cm³/mol. The van der Waals surface area contributed by atoms with E-state index in [2.05, 4.69) is 19.8 Å². The molecule has 1 fully saturated rings. The van der Waals surface area contributed by atoms with E-state index in [1.54, 1.807) is 48.6 Å². The molecule has 0 saturated carbocycles. The number of nitrogens with zero attached hydrogens (tertiary/aromatic N) is 4. The topological polar surface area (TPSA) is 106 Å². The molecule has 0 bridgehead atoms. The molecule has 0 aliphatic carbocycles. The molecule has 0 aromatic heterocycles. The van der Waals surface area contributed by atoms with Gasteiger partial charge in [-0.25, -0.2) is 0 Å². The summed E-state index contributed by atoms with van der Waals surface area (Å²) < 4.78 is 0. The summed E-state index contributed by atoms with van der Waals surface area (Å²) in [4.78, 5) is 38.3. The van der Waals surface area contributed by atoms with Crippen LogP contribution in [0.25, 0.3) is 12.2 Å². The Balaban J connectivity index is 1.19. The van der Waals surface area contributed by atoms with E-state index in [1.807, 2.05) is 12.1 Å². The number of carbonyl (C=O) groups excluding carboxylic acids is 2. The summed E-state index contributed by atoms with van der Waals surface area (Å²) in [6.07, 6.45) is 3.46. The van der Waals surface area contributed by atoms with E-state index >= 15 is 0 Å². The SMILES string of the molecule is O=C1N=C(N2CCN(C3=NC(=O)/C(=C\c4cccc(O)c4)S3)CC2)S/C1=C/c1cccc(O)c1. The second-order valence-corrected chi connectivity index (χ2v) is 9.80. The van der Waals surface area contributed by atoms with Crippen LogP contribution in [0.5, 0.6) is 11.5 Å². The Hall–Kier alpha value is -3.50. The van der Waals surface area contributed by atoms with Gasteiger partial charge in [0, 0.05) is 26.2 Å². The van der Waals surface area contributed by atoms with Crippen LogP contribution in [0.2, 0.25) is 0 Å². The summed E-state index contributed by atoms with van der Waals surface area (Å²) in [5, 5.41) is 20.6. The van der Waals surface area contributed by atoms with Crippen LogP contribution in [0, 0.1) is 0 Å². The number of aliphatic imine (C=N–C) groups is 2. The van der Waals surface area contributed by atoms with Crippen LogP contribution in [0.1, 0.15) is 11.1 Å². The summed E-state index contributed by atoms with van der Waals surface area (Å²) in [6, 6.07) is 13.5.